The van der Waals surface area contributed by atoms with Crippen molar-refractivity contribution in [1.82, 2.24) is 0 Å². The lowest BCUT2D eigenvalue weighted by Gasteiger charge is -2.32. The Labute approximate surface area is 114 Å². The van der Waals surface area contributed by atoms with Crippen LogP contribution in [0.1, 0.15) is 59.3 Å². The summed E-state index contributed by atoms with van der Waals surface area (Å²) in [5, 5.41) is 0. The van der Waals surface area contributed by atoms with Crippen molar-refractivity contribution < 1.29 is 19.1 Å². The Kier molecular flexibility index (Phi) is 4.29. The normalized spacial score (nSPS) is 31.5. The van der Waals surface area contributed by atoms with Crippen molar-refractivity contribution in [2.45, 2.75) is 71.0 Å². The number of cyclic esters (lactones) is 2. The van der Waals surface area contributed by atoms with Crippen LogP contribution in [-0.2, 0) is 19.1 Å². The van der Waals surface area contributed by atoms with E-state index in [1.54, 1.807) is 6.92 Å². The van der Waals surface area contributed by atoms with Gasteiger partial charge in [0.15, 0.2) is 0 Å². The number of rotatable bonds is 5. The predicted octanol–water partition coefficient (Wildman–Crippen LogP) is 2.84. The maximum Gasteiger partial charge on any atom is 0.317 e. The Morgan fingerprint density at radius 2 is 1.95 bits per heavy atom. The van der Waals surface area contributed by atoms with Crippen molar-refractivity contribution in [2.24, 2.45) is 11.8 Å². The average molecular weight is 268 g/mol. The largest absolute Gasteiger partial charge is 0.393 e. The van der Waals surface area contributed by atoms with Crippen molar-refractivity contribution >= 4 is 11.9 Å². The molecule has 0 amide bonds. The molecule has 2 aliphatic rings. The van der Waals surface area contributed by atoms with Crippen molar-refractivity contribution in [3.8, 4) is 0 Å². The summed E-state index contributed by atoms with van der Waals surface area (Å²) in [6.45, 7) is 5.92. The standard InChI is InChI=1S/C15H24O4/c1-4-15(7-5-6-8-15)19-10(2)9-12-11(3)13(16)18-14(12)17/h10-12H,4-9H2,1-3H3. The number of hydrogen-bond acceptors (Lipinski definition) is 4. The molecule has 1 aliphatic heterocycles. The van der Waals surface area contributed by atoms with Gasteiger partial charge in [0.1, 0.15) is 0 Å². The fourth-order valence-corrected chi connectivity index (χ4v) is 3.34. The maximum absolute atomic E-state index is 11.6. The highest BCUT2D eigenvalue weighted by Gasteiger charge is 2.43. The fourth-order valence-electron chi connectivity index (χ4n) is 3.34. The Morgan fingerprint density at radius 1 is 1.32 bits per heavy atom. The Bertz CT molecular complexity index is 357. The smallest absolute Gasteiger partial charge is 0.317 e. The molecule has 0 radical (unpaired) electrons. The van der Waals surface area contributed by atoms with Gasteiger partial charge in [-0.25, -0.2) is 0 Å². The molecule has 1 aliphatic carbocycles. The summed E-state index contributed by atoms with van der Waals surface area (Å²) in [5.74, 6) is -1.45. The zero-order valence-electron chi connectivity index (χ0n) is 12.1. The topological polar surface area (TPSA) is 52.6 Å². The lowest BCUT2D eigenvalue weighted by molar-refractivity contribution is -0.154. The van der Waals surface area contributed by atoms with Gasteiger partial charge in [0.05, 0.1) is 23.5 Å². The molecule has 2 rings (SSSR count). The van der Waals surface area contributed by atoms with Crippen molar-refractivity contribution in [3.63, 3.8) is 0 Å². The van der Waals surface area contributed by atoms with Gasteiger partial charge in [-0.05, 0) is 32.6 Å². The van der Waals surface area contributed by atoms with Crippen LogP contribution < -0.4 is 0 Å². The van der Waals surface area contributed by atoms with E-state index in [1.807, 2.05) is 6.92 Å². The first kappa shape index (κ1) is 14.5. The molecule has 0 spiro atoms. The van der Waals surface area contributed by atoms with E-state index in [4.69, 9.17) is 4.74 Å². The zero-order chi connectivity index (χ0) is 14.0. The van der Waals surface area contributed by atoms with Crippen LogP contribution in [0.4, 0.5) is 0 Å². The van der Waals surface area contributed by atoms with Crippen LogP contribution in [0.15, 0.2) is 0 Å². The molecule has 3 unspecified atom stereocenters. The van der Waals surface area contributed by atoms with Crippen LogP contribution in [0, 0.1) is 11.8 Å². The average Bonchev–Trinajstić information content (AvgIpc) is 2.91. The number of carbonyl (C=O) groups excluding carboxylic acids is 2. The highest BCUT2D eigenvalue weighted by molar-refractivity contribution is 5.96. The van der Waals surface area contributed by atoms with E-state index < -0.39 is 5.97 Å². The van der Waals surface area contributed by atoms with Gasteiger partial charge < -0.3 is 9.47 Å². The van der Waals surface area contributed by atoms with Gasteiger partial charge in [-0.1, -0.05) is 26.7 Å². The van der Waals surface area contributed by atoms with E-state index in [0.29, 0.717) is 6.42 Å². The summed E-state index contributed by atoms with van der Waals surface area (Å²) in [6, 6.07) is 0. The molecule has 1 heterocycles. The first-order valence-electron chi connectivity index (χ1n) is 7.41. The summed E-state index contributed by atoms with van der Waals surface area (Å²) in [5.41, 5.74) is -0.00479. The van der Waals surface area contributed by atoms with Gasteiger partial charge in [0, 0.05) is 0 Å². The second-order valence-electron chi connectivity index (χ2n) is 6.04. The number of hydrogen-bond donors (Lipinski definition) is 0. The Hall–Kier alpha value is -0.900. The summed E-state index contributed by atoms with van der Waals surface area (Å²) < 4.78 is 10.9. The molecule has 4 heteroatoms. The van der Waals surface area contributed by atoms with Crippen LogP contribution in [-0.4, -0.2) is 23.6 Å². The number of carbonyl (C=O) groups is 2. The van der Waals surface area contributed by atoms with E-state index >= 15 is 0 Å². The SMILES string of the molecule is CCC1(OC(C)CC2C(=O)OC(=O)C2C)CCCC1. The minimum Gasteiger partial charge on any atom is -0.393 e. The summed E-state index contributed by atoms with van der Waals surface area (Å²) in [7, 11) is 0. The third kappa shape index (κ3) is 2.99. The van der Waals surface area contributed by atoms with Crippen LogP contribution in [0.3, 0.4) is 0 Å². The molecular formula is C15H24O4. The molecule has 2 fully saturated rings. The molecule has 3 atom stereocenters. The molecule has 1 saturated carbocycles. The molecule has 0 bridgehead atoms. The van der Waals surface area contributed by atoms with Crippen LogP contribution in [0.5, 0.6) is 0 Å². The molecule has 1 saturated heterocycles. The van der Waals surface area contributed by atoms with Gasteiger partial charge in [0.2, 0.25) is 0 Å². The highest BCUT2D eigenvalue weighted by atomic mass is 16.6. The minimum atomic E-state index is -0.395. The lowest BCUT2D eigenvalue weighted by Crippen LogP contribution is -2.34. The van der Waals surface area contributed by atoms with Gasteiger partial charge >= 0.3 is 11.9 Å². The minimum absolute atomic E-state index is 0.00479. The molecule has 19 heavy (non-hydrogen) atoms. The van der Waals surface area contributed by atoms with Crippen LogP contribution >= 0.6 is 0 Å². The first-order valence-corrected chi connectivity index (χ1v) is 7.41. The molecule has 0 aromatic rings. The lowest BCUT2D eigenvalue weighted by atomic mass is 9.90. The second-order valence-corrected chi connectivity index (χ2v) is 6.04. The predicted molar refractivity (Wildman–Crippen MR) is 70.4 cm³/mol. The fraction of sp³-hybridized carbons (Fsp3) is 0.867. The van der Waals surface area contributed by atoms with E-state index in [-0.39, 0.29) is 29.5 Å². The van der Waals surface area contributed by atoms with E-state index in [9.17, 15) is 9.59 Å². The van der Waals surface area contributed by atoms with Gasteiger partial charge in [0.25, 0.3) is 0 Å². The van der Waals surface area contributed by atoms with Crippen LogP contribution in [0.25, 0.3) is 0 Å². The number of ether oxygens (including phenoxy) is 2. The molecule has 0 N–H and O–H groups in total. The highest BCUT2D eigenvalue weighted by Crippen LogP contribution is 2.38. The monoisotopic (exact) mass is 268 g/mol. The third-order valence-corrected chi connectivity index (χ3v) is 4.68. The summed E-state index contributed by atoms with van der Waals surface area (Å²) in [6.07, 6.45) is 6.24. The van der Waals surface area contributed by atoms with Crippen molar-refractivity contribution in [2.75, 3.05) is 0 Å². The zero-order valence-corrected chi connectivity index (χ0v) is 12.1. The van der Waals surface area contributed by atoms with Crippen molar-refractivity contribution in [1.29, 1.82) is 0 Å². The Balaban J connectivity index is 1.92. The van der Waals surface area contributed by atoms with Crippen molar-refractivity contribution in [3.05, 3.63) is 0 Å². The third-order valence-electron chi connectivity index (χ3n) is 4.68. The molecule has 0 aromatic carbocycles. The number of esters is 2. The summed E-state index contributed by atoms with van der Waals surface area (Å²) >= 11 is 0. The molecule has 4 nitrogen and oxygen atoms in total. The Morgan fingerprint density at radius 3 is 2.42 bits per heavy atom. The second kappa shape index (κ2) is 5.61. The maximum atomic E-state index is 11.6. The van der Waals surface area contributed by atoms with E-state index in [0.717, 1.165) is 19.3 Å². The van der Waals surface area contributed by atoms with Gasteiger partial charge in [-0.15, -0.1) is 0 Å². The van der Waals surface area contributed by atoms with Gasteiger partial charge in [-0.2, -0.15) is 0 Å². The molecule has 108 valence electrons. The van der Waals surface area contributed by atoms with Crippen LogP contribution in [0.2, 0.25) is 0 Å². The van der Waals surface area contributed by atoms with Gasteiger partial charge in [-0.3, -0.25) is 9.59 Å². The van der Waals surface area contributed by atoms with E-state index in [1.165, 1.54) is 12.8 Å². The molecule has 0 aromatic heterocycles. The van der Waals surface area contributed by atoms with E-state index in [2.05, 4.69) is 11.7 Å². The molecular weight excluding hydrogens is 244 g/mol. The summed E-state index contributed by atoms with van der Waals surface area (Å²) in [4.78, 5) is 23.0. The quantitative estimate of drug-likeness (QED) is 0.568. The first-order chi connectivity index (χ1) is 8.97.